The molecule has 1 N–H and O–H groups in total. The minimum Gasteiger partial charge on any atom is -0.384 e. The Morgan fingerprint density at radius 2 is 2.26 bits per heavy atom. The summed E-state index contributed by atoms with van der Waals surface area (Å²) in [4.78, 5) is 0. The van der Waals surface area contributed by atoms with Crippen LogP contribution >= 0.6 is 24.0 Å². The second kappa shape index (κ2) is 5.21. The lowest BCUT2D eigenvalue weighted by Crippen LogP contribution is -2.40. The average Bonchev–Trinajstić information content (AvgIpc) is 3.03. The maximum atomic E-state index is 13.3. The minimum atomic E-state index is -0.344. The molecule has 1 aliphatic heterocycles. The van der Waals surface area contributed by atoms with Crippen molar-refractivity contribution in [2.45, 2.75) is 18.3 Å². The predicted octanol–water partition coefficient (Wildman–Crippen LogP) is 3.17. The van der Waals surface area contributed by atoms with E-state index in [9.17, 15) is 4.39 Å². The van der Waals surface area contributed by atoms with E-state index in [1.54, 1.807) is 13.2 Å². The summed E-state index contributed by atoms with van der Waals surface area (Å²) in [7, 11) is 1.74. The lowest BCUT2D eigenvalue weighted by atomic mass is 9.81. The van der Waals surface area contributed by atoms with E-state index in [1.807, 2.05) is 6.07 Å². The Balaban J connectivity index is 0.00000133. The molecule has 0 unspecified atom stereocenters. The number of ether oxygens (including phenoxy) is 1. The summed E-state index contributed by atoms with van der Waals surface area (Å²) in [5.41, 5.74) is 1.46. The van der Waals surface area contributed by atoms with E-state index < -0.39 is 0 Å². The minimum absolute atomic E-state index is 0. The molecule has 106 valence electrons. The van der Waals surface area contributed by atoms with Crippen molar-refractivity contribution in [3.63, 3.8) is 0 Å². The number of halogens is 3. The van der Waals surface area contributed by atoms with Crippen molar-refractivity contribution < 1.29 is 9.13 Å². The van der Waals surface area contributed by atoms with Crippen molar-refractivity contribution in [1.82, 2.24) is 5.32 Å². The quantitative estimate of drug-likeness (QED) is 0.926. The van der Waals surface area contributed by atoms with Crippen LogP contribution in [0, 0.1) is 11.2 Å². The first-order valence-electron chi connectivity index (χ1n) is 6.29. The number of fused-ring (bicyclic) bond motifs is 1. The Morgan fingerprint density at radius 1 is 1.47 bits per heavy atom. The molecule has 1 aromatic rings. The fourth-order valence-corrected chi connectivity index (χ4v) is 3.79. The zero-order valence-electron chi connectivity index (χ0n) is 10.8. The summed E-state index contributed by atoms with van der Waals surface area (Å²) in [6.45, 7) is 2.71. The molecule has 1 heterocycles. The molecule has 2 atom stereocenters. The summed E-state index contributed by atoms with van der Waals surface area (Å²) in [5.74, 6) is -0.344. The summed E-state index contributed by atoms with van der Waals surface area (Å²) < 4.78 is 18.7. The highest BCUT2D eigenvalue weighted by Crippen LogP contribution is 2.67. The van der Waals surface area contributed by atoms with Crippen LogP contribution in [0.2, 0.25) is 5.02 Å². The Labute approximate surface area is 124 Å². The Morgan fingerprint density at radius 3 is 2.95 bits per heavy atom. The lowest BCUT2D eigenvalue weighted by molar-refractivity contribution is 0.116. The van der Waals surface area contributed by atoms with E-state index in [1.165, 1.54) is 6.07 Å². The molecule has 1 saturated heterocycles. The van der Waals surface area contributed by atoms with E-state index in [-0.39, 0.29) is 34.1 Å². The van der Waals surface area contributed by atoms with Crippen LogP contribution in [-0.2, 0) is 10.2 Å². The molecule has 2 nitrogen and oxygen atoms in total. The first-order chi connectivity index (χ1) is 8.63. The SMILES string of the molecule is COC[C@@]12CNCC[C@]1(c1ccc(F)c(Cl)c1)C2.Cl. The highest BCUT2D eigenvalue weighted by Gasteiger charge is 2.68. The molecule has 2 fully saturated rings. The van der Waals surface area contributed by atoms with Gasteiger partial charge in [-0.05, 0) is 37.1 Å². The van der Waals surface area contributed by atoms with Crippen LogP contribution in [0.5, 0.6) is 0 Å². The molecule has 5 heteroatoms. The van der Waals surface area contributed by atoms with Crippen molar-refractivity contribution in [3.8, 4) is 0 Å². The first kappa shape index (κ1) is 15.0. The van der Waals surface area contributed by atoms with Gasteiger partial charge in [-0.25, -0.2) is 4.39 Å². The second-order valence-electron chi connectivity index (χ2n) is 5.53. The fourth-order valence-electron chi connectivity index (χ4n) is 3.61. The van der Waals surface area contributed by atoms with Crippen LogP contribution in [0.25, 0.3) is 0 Å². The number of piperidine rings is 1. The largest absolute Gasteiger partial charge is 0.384 e. The van der Waals surface area contributed by atoms with E-state index in [4.69, 9.17) is 16.3 Å². The van der Waals surface area contributed by atoms with Gasteiger partial charge in [0.25, 0.3) is 0 Å². The summed E-state index contributed by atoms with van der Waals surface area (Å²) >= 11 is 5.91. The molecule has 0 amide bonds. The van der Waals surface area contributed by atoms with Gasteiger partial charge in [0.2, 0.25) is 0 Å². The number of hydrogen-bond acceptors (Lipinski definition) is 2. The van der Waals surface area contributed by atoms with Crippen molar-refractivity contribution in [3.05, 3.63) is 34.6 Å². The molecule has 19 heavy (non-hydrogen) atoms. The molecule has 0 radical (unpaired) electrons. The normalized spacial score (nSPS) is 32.4. The van der Waals surface area contributed by atoms with Crippen molar-refractivity contribution in [2.24, 2.45) is 5.41 Å². The molecule has 2 aliphatic rings. The maximum Gasteiger partial charge on any atom is 0.141 e. The molecule has 1 aliphatic carbocycles. The van der Waals surface area contributed by atoms with Gasteiger partial charge < -0.3 is 10.1 Å². The Hall–Kier alpha value is -0.350. The third-order valence-corrected chi connectivity index (χ3v) is 4.90. The second-order valence-corrected chi connectivity index (χ2v) is 5.94. The van der Waals surface area contributed by atoms with Gasteiger partial charge in [0.05, 0.1) is 11.6 Å². The molecular formula is C14H18Cl2FNO. The Bertz CT molecular complexity index is 481. The van der Waals surface area contributed by atoms with Gasteiger partial charge in [-0.2, -0.15) is 0 Å². The fraction of sp³-hybridized carbons (Fsp3) is 0.571. The van der Waals surface area contributed by atoms with Crippen molar-refractivity contribution in [2.75, 3.05) is 26.8 Å². The molecule has 0 aromatic heterocycles. The van der Waals surface area contributed by atoms with Gasteiger partial charge in [-0.3, -0.25) is 0 Å². The molecular weight excluding hydrogens is 288 g/mol. The summed E-state index contributed by atoms with van der Waals surface area (Å²) in [6, 6.07) is 5.15. The van der Waals surface area contributed by atoms with E-state index in [0.717, 1.165) is 38.1 Å². The van der Waals surface area contributed by atoms with Crippen LogP contribution in [-0.4, -0.2) is 26.8 Å². The predicted molar refractivity (Wildman–Crippen MR) is 76.7 cm³/mol. The van der Waals surface area contributed by atoms with Gasteiger partial charge in [0.1, 0.15) is 5.82 Å². The van der Waals surface area contributed by atoms with E-state index >= 15 is 0 Å². The molecule has 1 aromatic carbocycles. The van der Waals surface area contributed by atoms with Crippen molar-refractivity contribution in [1.29, 1.82) is 0 Å². The third-order valence-electron chi connectivity index (χ3n) is 4.62. The standard InChI is InChI=1S/C14H17ClFNO.ClH/c1-18-9-13-7-14(13,4-5-17-8-13)10-2-3-12(16)11(15)6-10;/h2-3,6,17H,4-5,7-9H2,1H3;1H/t13-,14-;/m1./s1. The molecule has 1 saturated carbocycles. The van der Waals surface area contributed by atoms with Crippen LogP contribution in [0.4, 0.5) is 4.39 Å². The zero-order chi connectivity index (χ0) is 12.8. The smallest absolute Gasteiger partial charge is 0.141 e. The van der Waals surface area contributed by atoms with Gasteiger partial charge in [-0.15, -0.1) is 12.4 Å². The van der Waals surface area contributed by atoms with Gasteiger partial charge >= 0.3 is 0 Å². The van der Waals surface area contributed by atoms with E-state index in [0.29, 0.717) is 0 Å². The monoisotopic (exact) mass is 305 g/mol. The number of hydrogen-bond donors (Lipinski definition) is 1. The summed E-state index contributed by atoms with van der Waals surface area (Å²) in [6.07, 6.45) is 2.17. The van der Waals surface area contributed by atoms with Crippen LogP contribution in [0.15, 0.2) is 18.2 Å². The topological polar surface area (TPSA) is 21.3 Å². The van der Waals surface area contributed by atoms with Gasteiger partial charge in [0, 0.05) is 24.5 Å². The third kappa shape index (κ3) is 2.17. The van der Waals surface area contributed by atoms with Crippen LogP contribution in [0.3, 0.4) is 0 Å². The maximum absolute atomic E-state index is 13.3. The van der Waals surface area contributed by atoms with Crippen molar-refractivity contribution >= 4 is 24.0 Å². The Kier molecular flexibility index (Phi) is 4.12. The zero-order valence-corrected chi connectivity index (χ0v) is 12.4. The average molecular weight is 306 g/mol. The summed E-state index contributed by atoms with van der Waals surface area (Å²) in [5, 5.41) is 3.66. The molecule has 3 rings (SSSR count). The lowest BCUT2D eigenvalue weighted by Gasteiger charge is -2.31. The first-order valence-corrected chi connectivity index (χ1v) is 6.67. The van der Waals surface area contributed by atoms with Gasteiger partial charge in [0.15, 0.2) is 0 Å². The molecule has 0 bridgehead atoms. The number of nitrogens with one attached hydrogen (secondary N) is 1. The highest BCUT2D eigenvalue weighted by molar-refractivity contribution is 6.30. The number of benzene rings is 1. The van der Waals surface area contributed by atoms with E-state index in [2.05, 4.69) is 5.32 Å². The number of methoxy groups -OCH3 is 1. The molecule has 0 spiro atoms. The highest BCUT2D eigenvalue weighted by atomic mass is 35.5. The van der Waals surface area contributed by atoms with Crippen LogP contribution in [0.1, 0.15) is 18.4 Å². The number of rotatable bonds is 3. The van der Waals surface area contributed by atoms with Gasteiger partial charge in [-0.1, -0.05) is 17.7 Å². The van der Waals surface area contributed by atoms with Crippen LogP contribution < -0.4 is 5.32 Å².